The number of nitrogens with one attached hydrogen (secondary N) is 1. The quantitative estimate of drug-likeness (QED) is 0.704. The number of rotatable bonds is 8. The topological polar surface area (TPSA) is 71.1 Å². The number of aryl methyl sites for hydroxylation is 1. The van der Waals surface area contributed by atoms with Gasteiger partial charge in [0.1, 0.15) is 11.5 Å². The van der Waals surface area contributed by atoms with Crippen LogP contribution in [0.15, 0.2) is 42.5 Å². The van der Waals surface area contributed by atoms with Crippen molar-refractivity contribution >= 4 is 17.5 Å². The molecule has 2 unspecified atom stereocenters. The van der Waals surface area contributed by atoms with Gasteiger partial charge in [0.25, 0.3) is 0 Å². The van der Waals surface area contributed by atoms with Crippen LogP contribution in [0.3, 0.4) is 0 Å². The normalized spacial score (nSPS) is 17.0. The Morgan fingerprint density at radius 2 is 1.97 bits per heavy atom. The summed E-state index contributed by atoms with van der Waals surface area (Å²) >= 11 is 0. The van der Waals surface area contributed by atoms with Gasteiger partial charge in [0.2, 0.25) is 11.8 Å². The van der Waals surface area contributed by atoms with Crippen molar-refractivity contribution in [3.8, 4) is 11.5 Å². The first-order valence-electron chi connectivity index (χ1n) is 10.4. The van der Waals surface area contributed by atoms with Crippen molar-refractivity contribution < 1.29 is 19.1 Å². The average Bonchev–Trinajstić information content (AvgIpc) is 3.15. The highest BCUT2D eigenvalue weighted by atomic mass is 16.5. The Morgan fingerprint density at radius 1 is 1.19 bits per heavy atom. The van der Waals surface area contributed by atoms with Gasteiger partial charge in [0, 0.05) is 19.5 Å². The SMILES string of the molecule is COc1cccc(C(CNC(=O)C2CC(=O)N(c3cc(C)ccc3OC)C2)N(C)C)c1. The first-order valence-corrected chi connectivity index (χ1v) is 10.4. The van der Waals surface area contributed by atoms with Crippen LogP contribution < -0.4 is 19.7 Å². The Labute approximate surface area is 183 Å². The second kappa shape index (κ2) is 9.83. The smallest absolute Gasteiger partial charge is 0.227 e. The van der Waals surface area contributed by atoms with Crippen LogP contribution in [0.1, 0.15) is 23.6 Å². The van der Waals surface area contributed by atoms with E-state index < -0.39 is 5.92 Å². The Morgan fingerprint density at radius 3 is 2.65 bits per heavy atom. The zero-order chi connectivity index (χ0) is 22.5. The van der Waals surface area contributed by atoms with E-state index in [4.69, 9.17) is 9.47 Å². The Balaban J connectivity index is 1.68. The summed E-state index contributed by atoms with van der Waals surface area (Å²) in [5.41, 5.74) is 2.80. The summed E-state index contributed by atoms with van der Waals surface area (Å²) in [7, 11) is 7.17. The molecule has 0 aliphatic carbocycles. The molecule has 2 amide bonds. The highest BCUT2D eigenvalue weighted by Gasteiger charge is 2.36. The van der Waals surface area contributed by atoms with Gasteiger partial charge < -0.3 is 24.6 Å². The van der Waals surface area contributed by atoms with Gasteiger partial charge >= 0.3 is 0 Å². The van der Waals surface area contributed by atoms with E-state index in [0.717, 1.165) is 16.9 Å². The highest BCUT2D eigenvalue weighted by Crippen LogP contribution is 2.34. The van der Waals surface area contributed by atoms with E-state index in [9.17, 15) is 9.59 Å². The third kappa shape index (κ3) is 5.17. The van der Waals surface area contributed by atoms with E-state index in [2.05, 4.69) is 10.2 Å². The summed E-state index contributed by atoms with van der Waals surface area (Å²) in [6, 6.07) is 13.5. The molecule has 0 radical (unpaired) electrons. The van der Waals surface area contributed by atoms with Gasteiger partial charge in [-0.2, -0.15) is 0 Å². The van der Waals surface area contributed by atoms with Crippen LogP contribution in [-0.2, 0) is 9.59 Å². The van der Waals surface area contributed by atoms with Crippen LogP contribution in [0, 0.1) is 12.8 Å². The van der Waals surface area contributed by atoms with Crippen LogP contribution in [0.2, 0.25) is 0 Å². The number of carbonyl (C=O) groups is 2. The zero-order valence-corrected chi connectivity index (χ0v) is 18.8. The maximum atomic E-state index is 12.9. The van der Waals surface area contributed by atoms with Crippen LogP contribution >= 0.6 is 0 Å². The number of carbonyl (C=O) groups excluding carboxylic acids is 2. The van der Waals surface area contributed by atoms with Gasteiger partial charge in [0.15, 0.2) is 0 Å². The first-order chi connectivity index (χ1) is 14.8. The maximum Gasteiger partial charge on any atom is 0.227 e. The summed E-state index contributed by atoms with van der Waals surface area (Å²) in [6.07, 6.45) is 0.189. The van der Waals surface area contributed by atoms with Crippen molar-refractivity contribution in [2.45, 2.75) is 19.4 Å². The average molecular weight is 426 g/mol. The number of nitrogens with zero attached hydrogens (tertiary/aromatic N) is 2. The molecule has 1 aliphatic heterocycles. The maximum absolute atomic E-state index is 12.9. The number of ether oxygens (including phenoxy) is 2. The summed E-state index contributed by atoms with van der Waals surface area (Å²) in [5, 5.41) is 3.04. The summed E-state index contributed by atoms with van der Waals surface area (Å²) < 4.78 is 10.7. The largest absolute Gasteiger partial charge is 0.497 e. The molecule has 1 heterocycles. The molecule has 0 aromatic heterocycles. The van der Waals surface area contributed by atoms with Crippen molar-refractivity contribution in [1.29, 1.82) is 0 Å². The van der Waals surface area contributed by atoms with E-state index in [1.807, 2.05) is 63.5 Å². The number of likely N-dealkylation sites (N-methyl/N-ethyl adjacent to an activating group) is 1. The molecule has 7 heteroatoms. The number of hydrogen-bond donors (Lipinski definition) is 1. The molecule has 166 valence electrons. The fraction of sp³-hybridized carbons (Fsp3) is 0.417. The molecular weight excluding hydrogens is 394 g/mol. The summed E-state index contributed by atoms with van der Waals surface area (Å²) in [6.45, 7) is 2.75. The number of hydrogen-bond acceptors (Lipinski definition) is 5. The molecule has 1 fully saturated rings. The number of benzene rings is 2. The Kier molecular flexibility index (Phi) is 7.17. The molecule has 0 saturated carbocycles. The minimum absolute atomic E-state index is 0.0101. The monoisotopic (exact) mass is 425 g/mol. The van der Waals surface area contributed by atoms with Crippen molar-refractivity contribution in [1.82, 2.24) is 10.2 Å². The first kappa shape index (κ1) is 22.6. The lowest BCUT2D eigenvalue weighted by molar-refractivity contribution is -0.126. The lowest BCUT2D eigenvalue weighted by Crippen LogP contribution is -2.38. The van der Waals surface area contributed by atoms with E-state index >= 15 is 0 Å². The highest BCUT2D eigenvalue weighted by molar-refractivity contribution is 6.01. The standard InChI is InChI=1S/C24H31N3O4/c1-16-9-10-22(31-5)20(11-16)27-15-18(13-23(27)28)24(29)25-14-21(26(2)3)17-7-6-8-19(12-17)30-4/h6-12,18,21H,13-15H2,1-5H3,(H,25,29). The van der Waals surface area contributed by atoms with Crippen LogP contribution in [0.4, 0.5) is 5.69 Å². The lowest BCUT2D eigenvalue weighted by Gasteiger charge is -2.26. The molecule has 0 bridgehead atoms. The van der Waals surface area contributed by atoms with Gasteiger partial charge in [-0.25, -0.2) is 0 Å². The molecule has 3 rings (SSSR count). The number of amides is 2. The van der Waals surface area contributed by atoms with Crippen LogP contribution in [0.25, 0.3) is 0 Å². The van der Waals surface area contributed by atoms with E-state index in [0.29, 0.717) is 24.5 Å². The minimum Gasteiger partial charge on any atom is -0.497 e. The van der Waals surface area contributed by atoms with E-state index in [1.165, 1.54) is 0 Å². The fourth-order valence-electron chi connectivity index (χ4n) is 3.92. The number of methoxy groups -OCH3 is 2. The van der Waals surface area contributed by atoms with Crippen molar-refractivity contribution in [2.75, 3.05) is 46.3 Å². The molecule has 31 heavy (non-hydrogen) atoms. The number of anilines is 1. The Hall–Kier alpha value is -3.06. The predicted octanol–water partition coefficient (Wildman–Crippen LogP) is 2.78. The molecular formula is C24H31N3O4. The van der Waals surface area contributed by atoms with Gasteiger partial charge in [-0.15, -0.1) is 0 Å². The second-order valence-electron chi connectivity index (χ2n) is 8.08. The zero-order valence-electron chi connectivity index (χ0n) is 18.8. The second-order valence-corrected chi connectivity index (χ2v) is 8.08. The van der Waals surface area contributed by atoms with Crippen molar-refractivity contribution in [3.63, 3.8) is 0 Å². The van der Waals surface area contributed by atoms with Gasteiger partial charge in [-0.1, -0.05) is 18.2 Å². The van der Waals surface area contributed by atoms with E-state index in [-0.39, 0.29) is 24.3 Å². The molecule has 1 saturated heterocycles. The molecule has 2 aromatic carbocycles. The van der Waals surface area contributed by atoms with Crippen LogP contribution in [0.5, 0.6) is 11.5 Å². The lowest BCUT2D eigenvalue weighted by atomic mass is 10.0. The van der Waals surface area contributed by atoms with Gasteiger partial charge in [-0.3, -0.25) is 9.59 Å². The minimum atomic E-state index is -0.397. The summed E-state index contributed by atoms with van der Waals surface area (Å²) in [5.74, 6) is 0.828. The molecule has 2 aromatic rings. The molecule has 0 spiro atoms. The molecule has 1 aliphatic rings. The van der Waals surface area contributed by atoms with Crippen LogP contribution in [-0.4, -0.2) is 58.1 Å². The van der Waals surface area contributed by atoms with Gasteiger partial charge in [-0.05, 0) is 56.4 Å². The van der Waals surface area contributed by atoms with Crippen molar-refractivity contribution in [2.24, 2.45) is 5.92 Å². The van der Waals surface area contributed by atoms with Crippen molar-refractivity contribution in [3.05, 3.63) is 53.6 Å². The van der Waals surface area contributed by atoms with E-state index in [1.54, 1.807) is 19.1 Å². The molecule has 2 atom stereocenters. The fourth-order valence-corrected chi connectivity index (χ4v) is 3.92. The van der Waals surface area contributed by atoms with Gasteiger partial charge in [0.05, 0.1) is 31.9 Å². The third-order valence-corrected chi connectivity index (χ3v) is 5.69. The Bertz CT molecular complexity index is 944. The predicted molar refractivity (Wildman–Crippen MR) is 121 cm³/mol. The third-order valence-electron chi connectivity index (χ3n) is 5.69. The molecule has 1 N–H and O–H groups in total. The molecule has 7 nitrogen and oxygen atoms in total. The summed E-state index contributed by atoms with van der Waals surface area (Å²) in [4.78, 5) is 29.3.